The first-order valence-corrected chi connectivity index (χ1v) is 9.30. The number of carbonyl (C=O) groups excluding carboxylic acids is 2. The summed E-state index contributed by atoms with van der Waals surface area (Å²) in [5.41, 5.74) is 3.17. The number of aromatic nitrogens is 2. The second-order valence-corrected chi connectivity index (χ2v) is 6.59. The van der Waals surface area contributed by atoms with Crippen LogP contribution in [-0.4, -0.2) is 27.9 Å². The molecule has 0 saturated carbocycles. The zero-order valence-electron chi connectivity index (χ0n) is 15.7. The maximum absolute atomic E-state index is 12.0. The highest BCUT2D eigenvalue weighted by molar-refractivity contribution is 5.80. The largest absolute Gasteiger partial charge is 0.355 e. The summed E-state index contributed by atoms with van der Waals surface area (Å²) < 4.78 is 2.00. The van der Waals surface area contributed by atoms with E-state index in [-0.39, 0.29) is 18.2 Å². The number of hydrogen-bond donors (Lipinski definition) is 2. The lowest BCUT2D eigenvalue weighted by Crippen LogP contribution is -2.31. The van der Waals surface area contributed by atoms with Gasteiger partial charge in [-0.2, -0.15) is 0 Å². The average molecular weight is 376 g/mol. The van der Waals surface area contributed by atoms with Crippen molar-refractivity contribution in [1.29, 1.82) is 0 Å². The fraction of sp³-hybridized carbons (Fsp3) is 0.227. The van der Waals surface area contributed by atoms with E-state index < -0.39 is 0 Å². The molecule has 144 valence electrons. The van der Waals surface area contributed by atoms with Crippen LogP contribution in [-0.2, 0) is 29.1 Å². The molecule has 0 radical (unpaired) electrons. The van der Waals surface area contributed by atoms with Crippen molar-refractivity contribution < 1.29 is 9.59 Å². The standard InChI is InChI=1S/C22H24N4O2/c27-21(10-11-24-22(28)14-18-4-2-1-3-5-18)25-15-19-6-8-20(9-7-19)16-26-13-12-23-17-26/h1-9,12-13,17H,10-11,14-16H2,(H,24,28)(H,25,27). The minimum absolute atomic E-state index is 0.0764. The molecule has 0 fully saturated rings. The number of carbonyl (C=O) groups is 2. The van der Waals surface area contributed by atoms with Gasteiger partial charge in [0, 0.05) is 38.4 Å². The summed E-state index contributed by atoms with van der Waals surface area (Å²) in [6.45, 7) is 1.58. The maximum Gasteiger partial charge on any atom is 0.224 e. The second-order valence-electron chi connectivity index (χ2n) is 6.59. The van der Waals surface area contributed by atoms with E-state index in [9.17, 15) is 9.59 Å². The van der Waals surface area contributed by atoms with E-state index in [2.05, 4.69) is 15.6 Å². The summed E-state index contributed by atoms with van der Waals surface area (Å²) in [4.78, 5) is 27.9. The molecule has 0 bridgehead atoms. The van der Waals surface area contributed by atoms with Gasteiger partial charge in [0.1, 0.15) is 0 Å². The lowest BCUT2D eigenvalue weighted by molar-refractivity contribution is -0.122. The Kier molecular flexibility index (Phi) is 6.95. The molecule has 0 atom stereocenters. The topological polar surface area (TPSA) is 76.0 Å². The quantitative estimate of drug-likeness (QED) is 0.602. The number of imidazole rings is 1. The van der Waals surface area contributed by atoms with Gasteiger partial charge >= 0.3 is 0 Å². The Morgan fingerprint density at radius 2 is 1.61 bits per heavy atom. The first-order chi connectivity index (χ1) is 13.7. The molecule has 3 rings (SSSR count). The average Bonchev–Trinajstić information content (AvgIpc) is 3.21. The smallest absolute Gasteiger partial charge is 0.224 e. The van der Waals surface area contributed by atoms with Crippen molar-refractivity contribution in [2.24, 2.45) is 0 Å². The first kappa shape index (κ1) is 19.4. The highest BCUT2D eigenvalue weighted by Crippen LogP contribution is 2.06. The molecular weight excluding hydrogens is 352 g/mol. The lowest BCUT2D eigenvalue weighted by atomic mass is 10.1. The van der Waals surface area contributed by atoms with Gasteiger partial charge in [-0.15, -0.1) is 0 Å². The van der Waals surface area contributed by atoms with Crippen LogP contribution in [0.2, 0.25) is 0 Å². The van der Waals surface area contributed by atoms with Crippen LogP contribution in [0.3, 0.4) is 0 Å². The van der Waals surface area contributed by atoms with Crippen LogP contribution in [0.25, 0.3) is 0 Å². The van der Waals surface area contributed by atoms with Gasteiger partial charge in [-0.25, -0.2) is 4.98 Å². The summed E-state index contributed by atoms with van der Waals surface area (Å²) in [6.07, 6.45) is 6.06. The Balaban J connectivity index is 1.33. The van der Waals surface area contributed by atoms with Crippen LogP contribution >= 0.6 is 0 Å². The molecular formula is C22H24N4O2. The van der Waals surface area contributed by atoms with E-state index in [1.165, 1.54) is 5.56 Å². The zero-order valence-corrected chi connectivity index (χ0v) is 15.7. The van der Waals surface area contributed by atoms with E-state index in [4.69, 9.17) is 0 Å². The molecule has 6 nitrogen and oxygen atoms in total. The highest BCUT2D eigenvalue weighted by Gasteiger charge is 2.05. The molecule has 1 aromatic heterocycles. The van der Waals surface area contributed by atoms with Crippen molar-refractivity contribution >= 4 is 11.8 Å². The SMILES string of the molecule is O=C(CCNC(=O)Cc1ccccc1)NCc1ccc(Cn2ccnc2)cc1. The van der Waals surface area contributed by atoms with Gasteiger partial charge in [0.25, 0.3) is 0 Å². The maximum atomic E-state index is 12.0. The second kappa shape index (κ2) is 10.1. The molecule has 6 heteroatoms. The van der Waals surface area contributed by atoms with E-state index >= 15 is 0 Å². The van der Waals surface area contributed by atoms with Crippen molar-refractivity contribution in [2.75, 3.05) is 6.54 Å². The number of nitrogens with zero attached hydrogens (tertiary/aromatic N) is 2. The van der Waals surface area contributed by atoms with Crippen LogP contribution in [0.4, 0.5) is 0 Å². The normalized spacial score (nSPS) is 10.4. The molecule has 2 aromatic carbocycles. The molecule has 0 aliphatic carbocycles. The fourth-order valence-electron chi connectivity index (χ4n) is 2.80. The minimum Gasteiger partial charge on any atom is -0.355 e. The van der Waals surface area contributed by atoms with Gasteiger partial charge in [0.05, 0.1) is 12.7 Å². The Bertz CT molecular complexity index is 875. The number of hydrogen-bond acceptors (Lipinski definition) is 3. The van der Waals surface area contributed by atoms with Crippen LogP contribution in [0, 0.1) is 0 Å². The van der Waals surface area contributed by atoms with Crippen molar-refractivity contribution in [1.82, 2.24) is 20.2 Å². The third-order valence-electron chi connectivity index (χ3n) is 4.32. The van der Waals surface area contributed by atoms with Gasteiger partial charge < -0.3 is 15.2 Å². The molecule has 1 heterocycles. The molecule has 0 spiro atoms. The van der Waals surface area contributed by atoms with Crippen molar-refractivity contribution in [3.63, 3.8) is 0 Å². The molecule has 0 aliphatic heterocycles. The molecule has 28 heavy (non-hydrogen) atoms. The molecule has 0 unspecified atom stereocenters. The summed E-state index contributed by atoms with van der Waals surface area (Å²) in [5.74, 6) is -0.157. The van der Waals surface area contributed by atoms with Crippen LogP contribution in [0.1, 0.15) is 23.1 Å². The van der Waals surface area contributed by atoms with E-state index in [0.717, 1.165) is 17.7 Å². The van der Waals surface area contributed by atoms with Crippen molar-refractivity contribution in [3.05, 3.63) is 90.0 Å². The van der Waals surface area contributed by atoms with E-state index in [0.29, 0.717) is 19.5 Å². The Labute approximate surface area is 164 Å². The Hall–Kier alpha value is -3.41. The molecule has 3 aromatic rings. The number of rotatable bonds is 9. The van der Waals surface area contributed by atoms with Gasteiger partial charge in [-0.1, -0.05) is 54.6 Å². The molecule has 2 N–H and O–H groups in total. The van der Waals surface area contributed by atoms with Gasteiger partial charge in [0.2, 0.25) is 11.8 Å². The predicted octanol–water partition coefficient (Wildman–Crippen LogP) is 2.30. The third kappa shape index (κ3) is 6.39. The summed E-state index contributed by atoms with van der Waals surface area (Å²) >= 11 is 0. The number of nitrogens with one attached hydrogen (secondary N) is 2. The monoisotopic (exact) mass is 376 g/mol. The van der Waals surface area contributed by atoms with Crippen molar-refractivity contribution in [2.45, 2.75) is 25.9 Å². The van der Waals surface area contributed by atoms with Crippen molar-refractivity contribution in [3.8, 4) is 0 Å². The van der Waals surface area contributed by atoms with Gasteiger partial charge in [-0.05, 0) is 16.7 Å². The highest BCUT2D eigenvalue weighted by atomic mass is 16.2. The minimum atomic E-state index is -0.0810. The summed E-state index contributed by atoms with van der Waals surface area (Å²) in [7, 11) is 0. The third-order valence-corrected chi connectivity index (χ3v) is 4.32. The number of amides is 2. The Morgan fingerprint density at radius 3 is 2.32 bits per heavy atom. The van der Waals surface area contributed by atoms with Crippen LogP contribution in [0.15, 0.2) is 73.3 Å². The van der Waals surface area contributed by atoms with Crippen LogP contribution in [0.5, 0.6) is 0 Å². The van der Waals surface area contributed by atoms with E-state index in [1.54, 1.807) is 12.5 Å². The molecule has 0 saturated heterocycles. The zero-order chi connectivity index (χ0) is 19.6. The summed E-state index contributed by atoms with van der Waals surface area (Å²) in [6, 6.07) is 17.7. The number of benzene rings is 2. The lowest BCUT2D eigenvalue weighted by Gasteiger charge is -2.08. The Morgan fingerprint density at radius 1 is 0.857 bits per heavy atom. The summed E-state index contributed by atoms with van der Waals surface area (Å²) in [5, 5.41) is 5.66. The van der Waals surface area contributed by atoms with Gasteiger partial charge in [-0.3, -0.25) is 9.59 Å². The van der Waals surface area contributed by atoms with Gasteiger partial charge in [0.15, 0.2) is 0 Å². The molecule has 0 aliphatic rings. The fourth-order valence-corrected chi connectivity index (χ4v) is 2.80. The first-order valence-electron chi connectivity index (χ1n) is 9.30. The van der Waals surface area contributed by atoms with Crippen LogP contribution < -0.4 is 10.6 Å². The van der Waals surface area contributed by atoms with E-state index in [1.807, 2.05) is 65.4 Å². The predicted molar refractivity (Wildman–Crippen MR) is 107 cm³/mol. The molecule has 2 amide bonds.